The monoisotopic (exact) mass is 335 g/mol. The fraction of sp³-hybridized carbons (Fsp3) is 0.846. The van der Waals surface area contributed by atoms with Gasteiger partial charge in [0, 0.05) is 20.1 Å². The topological polar surface area (TPSA) is 105 Å². The number of sulfonamides is 1. The largest absolute Gasteiger partial charge is 0.444 e. The second-order valence-electron chi connectivity index (χ2n) is 6.41. The van der Waals surface area contributed by atoms with Crippen molar-refractivity contribution in [3.8, 4) is 0 Å². The smallest absolute Gasteiger partial charge is 0.407 e. The molecule has 2 amide bonds. The number of ether oxygens (including phenoxy) is 1. The van der Waals surface area contributed by atoms with E-state index < -0.39 is 27.0 Å². The highest BCUT2D eigenvalue weighted by Crippen LogP contribution is 2.29. The molecule has 0 bridgehead atoms. The summed E-state index contributed by atoms with van der Waals surface area (Å²) in [4.78, 5) is 22.8. The highest BCUT2D eigenvalue weighted by Gasteiger charge is 2.42. The molecular weight excluding hydrogens is 310 g/mol. The Kier molecular flexibility index (Phi) is 5.80. The van der Waals surface area contributed by atoms with Gasteiger partial charge in [0.1, 0.15) is 5.60 Å². The number of nitrogens with one attached hydrogen (secondary N) is 2. The summed E-state index contributed by atoms with van der Waals surface area (Å²) in [6.45, 7) is 5.07. The Morgan fingerprint density at radius 1 is 1.27 bits per heavy atom. The van der Waals surface area contributed by atoms with E-state index in [1.165, 1.54) is 14.1 Å². The molecule has 1 saturated carbocycles. The molecule has 8 nitrogen and oxygen atoms in total. The van der Waals surface area contributed by atoms with Gasteiger partial charge in [-0.3, -0.25) is 4.79 Å². The molecule has 1 fully saturated rings. The molecule has 9 heteroatoms. The quantitative estimate of drug-likeness (QED) is 0.739. The first-order chi connectivity index (χ1) is 9.95. The van der Waals surface area contributed by atoms with Crippen molar-refractivity contribution in [1.29, 1.82) is 0 Å². The predicted octanol–water partition coefficient (Wildman–Crippen LogP) is 0.0497. The van der Waals surface area contributed by atoms with E-state index >= 15 is 0 Å². The number of rotatable bonds is 5. The number of hydrogen-bond donors (Lipinski definition) is 2. The standard InChI is InChI=1S/C13H25N3O5S/c1-13(2,3)21-12(18)15-9-6-10(7-9)22(19,20)16(5)8-11(17)14-4/h9-10H,6-8H2,1-5H3,(H,14,17)(H,15,18). The summed E-state index contributed by atoms with van der Waals surface area (Å²) < 4.78 is 30.6. The average Bonchev–Trinajstić information content (AvgIpc) is 2.30. The summed E-state index contributed by atoms with van der Waals surface area (Å²) in [7, 11) is -0.705. The van der Waals surface area contributed by atoms with Gasteiger partial charge in [0.25, 0.3) is 0 Å². The van der Waals surface area contributed by atoms with E-state index in [2.05, 4.69) is 10.6 Å². The maximum atomic E-state index is 12.2. The molecule has 1 rings (SSSR count). The number of carbonyl (C=O) groups is 2. The van der Waals surface area contributed by atoms with E-state index in [-0.39, 0.29) is 18.5 Å². The van der Waals surface area contributed by atoms with Crippen molar-refractivity contribution in [3.05, 3.63) is 0 Å². The minimum Gasteiger partial charge on any atom is -0.444 e. The van der Waals surface area contributed by atoms with Crippen LogP contribution in [0.1, 0.15) is 33.6 Å². The van der Waals surface area contributed by atoms with Crippen molar-refractivity contribution in [2.45, 2.75) is 50.5 Å². The molecule has 1 aliphatic carbocycles. The van der Waals surface area contributed by atoms with Gasteiger partial charge in [-0.1, -0.05) is 0 Å². The zero-order chi connectivity index (χ0) is 17.1. The van der Waals surface area contributed by atoms with Crippen molar-refractivity contribution in [3.63, 3.8) is 0 Å². The minimum atomic E-state index is -3.53. The lowest BCUT2D eigenvalue weighted by Crippen LogP contribution is -2.54. The summed E-state index contributed by atoms with van der Waals surface area (Å²) in [6.07, 6.45) is 0.0892. The molecule has 0 spiro atoms. The zero-order valence-corrected chi connectivity index (χ0v) is 14.5. The first kappa shape index (κ1) is 18.7. The lowest BCUT2D eigenvalue weighted by atomic mass is 9.92. The first-order valence-corrected chi connectivity index (χ1v) is 8.61. The van der Waals surface area contributed by atoms with Crippen LogP contribution in [0.3, 0.4) is 0 Å². The molecule has 0 aliphatic heterocycles. The third-order valence-electron chi connectivity index (χ3n) is 3.32. The molecule has 128 valence electrons. The Morgan fingerprint density at radius 2 is 1.82 bits per heavy atom. The van der Waals surface area contributed by atoms with Crippen LogP contribution in [-0.4, -0.2) is 62.3 Å². The summed E-state index contributed by atoms with van der Waals surface area (Å²) in [6, 6.07) is -0.219. The van der Waals surface area contributed by atoms with Gasteiger partial charge in [0.05, 0.1) is 11.8 Å². The lowest BCUT2D eigenvalue weighted by Gasteiger charge is -2.37. The maximum absolute atomic E-state index is 12.2. The summed E-state index contributed by atoms with van der Waals surface area (Å²) in [5.41, 5.74) is -0.590. The lowest BCUT2D eigenvalue weighted by molar-refractivity contribution is -0.120. The Labute approximate surface area is 131 Å². The van der Waals surface area contributed by atoms with Gasteiger partial charge in [-0.05, 0) is 33.6 Å². The number of carbonyl (C=O) groups excluding carboxylic acids is 2. The second kappa shape index (κ2) is 6.82. The fourth-order valence-electron chi connectivity index (χ4n) is 2.03. The SMILES string of the molecule is CNC(=O)CN(C)S(=O)(=O)C1CC(NC(=O)OC(C)(C)C)C1. The van der Waals surface area contributed by atoms with Gasteiger partial charge >= 0.3 is 6.09 Å². The molecule has 0 saturated heterocycles. The first-order valence-electron chi connectivity index (χ1n) is 7.11. The summed E-state index contributed by atoms with van der Waals surface area (Å²) in [5.74, 6) is -0.367. The average molecular weight is 335 g/mol. The maximum Gasteiger partial charge on any atom is 0.407 e. The highest BCUT2D eigenvalue weighted by atomic mass is 32.2. The number of alkyl carbamates (subject to hydrolysis) is 1. The van der Waals surface area contributed by atoms with E-state index in [1.807, 2.05) is 0 Å². The second-order valence-corrected chi connectivity index (χ2v) is 8.73. The summed E-state index contributed by atoms with van der Waals surface area (Å²) in [5, 5.41) is 4.44. The van der Waals surface area contributed by atoms with Gasteiger partial charge < -0.3 is 15.4 Å². The highest BCUT2D eigenvalue weighted by molar-refractivity contribution is 7.89. The van der Waals surface area contributed by atoms with Crippen molar-refractivity contribution < 1.29 is 22.7 Å². The molecule has 1 aliphatic rings. The molecule has 0 radical (unpaired) electrons. The van der Waals surface area contributed by atoms with Gasteiger partial charge in [0.15, 0.2) is 0 Å². The Hall–Kier alpha value is -1.35. The van der Waals surface area contributed by atoms with E-state index in [4.69, 9.17) is 4.74 Å². The number of likely N-dealkylation sites (N-methyl/N-ethyl adjacent to an activating group) is 2. The third-order valence-corrected chi connectivity index (χ3v) is 5.54. The Bertz CT molecular complexity index is 520. The van der Waals surface area contributed by atoms with E-state index in [1.54, 1.807) is 20.8 Å². The molecule has 2 N–H and O–H groups in total. The van der Waals surface area contributed by atoms with Crippen LogP contribution in [0.4, 0.5) is 4.79 Å². The van der Waals surface area contributed by atoms with Crippen LogP contribution in [0, 0.1) is 0 Å². The molecule has 0 aromatic heterocycles. The molecule has 0 aromatic rings. The molecule has 0 aromatic carbocycles. The molecule has 0 atom stereocenters. The van der Waals surface area contributed by atoms with E-state index in [0.717, 1.165) is 4.31 Å². The van der Waals surface area contributed by atoms with Crippen molar-refractivity contribution in [2.75, 3.05) is 20.6 Å². The number of nitrogens with zero attached hydrogens (tertiary/aromatic N) is 1. The molecular formula is C13H25N3O5S. The van der Waals surface area contributed by atoms with Crippen LogP contribution >= 0.6 is 0 Å². The van der Waals surface area contributed by atoms with Gasteiger partial charge in [-0.2, -0.15) is 4.31 Å². The fourth-order valence-corrected chi connectivity index (χ4v) is 3.78. The Morgan fingerprint density at radius 3 is 2.27 bits per heavy atom. The number of hydrogen-bond acceptors (Lipinski definition) is 5. The Balaban J connectivity index is 2.46. The number of amides is 2. The minimum absolute atomic E-state index is 0.209. The van der Waals surface area contributed by atoms with Crippen molar-refractivity contribution >= 4 is 22.0 Å². The predicted molar refractivity (Wildman–Crippen MR) is 81.8 cm³/mol. The van der Waals surface area contributed by atoms with Crippen LogP contribution in [-0.2, 0) is 19.6 Å². The molecule has 0 heterocycles. The zero-order valence-electron chi connectivity index (χ0n) is 13.7. The van der Waals surface area contributed by atoms with Crippen LogP contribution in [0.25, 0.3) is 0 Å². The normalized spacial score (nSPS) is 21.9. The van der Waals surface area contributed by atoms with Gasteiger partial charge in [0.2, 0.25) is 15.9 Å². The third kappa shape index (κ3) is 5.13. The van der Waals surface area contributed by atoms with Crippen LogP contribution in [0.15, 0.2) is 0 Å². The van der Waals surface area contributed by atoms with Gasteiger partial charge in [-0.15, -0.1) is 0 Å². The molecule has 22 heavy (non-hydrogen) atoms. The molecule has 0 unspecified atom stereocenters. The van der Waals surface area contributed by atoms with Crippen LogP contribution < -0.4 is 10.6 Å². The van der Waals surface area contributed by atoms with Gasteiger partial charge in [-0.25, -0.2) is 13.2 Å². The van der Waals surface area contributed by atoms with Crippen LogP contribution in [0.5, 0.6) is 0 Å². The van der Waals surface area contributed by atoms with Crippen molar-refractivity contribution in [2.24, 2.45) is 0 Å². The van der Waals surface area contributed by atoms with Crippen molar-refractivity contribution in [1.82, 2.24) is 14.9 Å². The summed E-state index contributed by atoms with van der Waals surface area (Å²) >= 11 is 0. The van der Waals surface area contributed by atoms with E-state index in [9.17, 15) is 18.0 Å². The van der Waals surface area contributed by atoms with E-state index in [0.29, 0.717) is 12.8 Å². The van der Waals surface area contributed by atoms with Crippen LogP contribution in [0.2, 0.25) is 0 Å².